The molecule has 0 bridgehead atoms. The number of carbonyl (C=O) groups excluding carboxylic acids is 2. The number of rotatable bonds is 6. The highest BCUT2D eigenvalue weighted by Crippen LogP contribution is 2.26. The van der Waals surface area contributed by atoms with Crippen molar-refractivity contribution in [1.29, 1.82) is 0 Å². The standard InChI is InChI=1S/C21H27N3O2/c1-6-17-9-7-8-15(2)21(17)24(16(3)25)14-20(26)22-18-10-12-19(13-11-18)23(4)5/h7-13H,6,14H2,1-5H3,(H,22,26). The van der Waals surface area contributed by atoms with Crippen LogP contribution in [-0.2, 0) is 16.0 Å². The third kappa shape index (κ3) is 4.63. The Morgan fingerprint density at radius 3 is 2.23 bits per heavy atom. The zero-order valence-corrected chi connectivity index (χ0v) is 16.2. The highest BCUT2D eigenvalue weighted by atomic mass is 16.2. The van der Waals surface area contributed by atoms with E-state index < -0.39 is 0 Å². The summed E-state index contributed by atoms with van der Waals surface area (Å²) in [5.41, 5.74) is 4.65. The lowest BCUT2D eigenvalue weighted by atomic mass is 10.0. The molecule has 0 saturated carbocycles. The third-order valence-corrected chi connectivity index (χ3v) is 4.32. The Morgan fingerprint density at radius 2 is 1.69 bits per heavy atom. The van der Waals surface area contributed by atoms with E-state index in [4.69, 9.17) is 0 Å². The highest BCUT2D eigenvalue weighted by Gasteiger charge is 2.20. The fourth-order valence-corrected chi connectivity index (χ4v) is 2.93. The fraction of sp³-hybridized carbons (Fsp3) is 0.333. The van der Waals surface area contributed by atoms with Crippen LogP contribution in [0.4, 0.5) is 17.1 Å². The second-order valence-corrected chi connectivity index (χ2v) is 6.53. The minimum atomic E-state index is -0.219. The van der Waals surface area contributed by atoms with Crippen molar-refractivity contribution in [3.63, 3.8) is 0 Å². The number of para-hydroxylation sites is 1. The van der Waals surface area contributed by atoms with Gasteiger partial charge in [-0.2, -0.15) is 0 Å². The summed E-state index contributed by atoms with van der Waals surface area (Å²) >= 11 is 0. The summed E-state index contributed by atoms with van der Waals surface area (Å²) in [5.74, 6) is -0.366. The molecular formula is C21H27N3O2. The molecule has 0 heterocycles. The van der Waals surface area contributed by atoms with Gasteiger partial charge in [0, 0.05) is 32.4 Å². The number of hydrogen-bond acceptors (Lipinski definition) is 3. The highest BCUT2D eigenvalue weighted by molar-refractivity contribution is 6.02. The molecule has 2 aromatic rings. The van der Waals surface area contributed by atoms with E-state index in [0.29, 0.717) is 5.69 Å². The molecule has 0 radical (unpaired) electrons. The van der Waals surface area contributed by atoms with Gasteiger partial charge in [-0.25, -0.2) is 0 Å². The van der Waals surface area contributed by atoms with Gasteiger partial charge in [-0.3, -0.25) is 9.59 Å². The van der Waals surface area contributed by atoms with Gasteiger partial charge in [0.1, 0.15) is 6.54 Å². The second-order valence-electron chi connectivity index (χ2n) is 6.53. The molecule has 1 N–H and O–H groups in total. The second kappa shape index (κ2) is 8.52. The smallest absolute Gasteiger partial charge is 0.244 e. The molecule has 0 aromatic heterocycles. The summed E-state index contributed by atoms with van der Waals surface area (Å²) in [6.07, 6.45) is 0.800. The molecule has 0 aliphatic rings. The molecule has 0 atom stereocenters. The number of aryl methyl sites for hydroxylation is 2. The van der Waals surface area contributed by atoms with Gasteiger partial charge in [0.2, 0.25) is 11.8 Å². The quantitative estimate of drug-likeness (QED) is 0.863. The normalized spacial score (nSPS) is 10.3. The van der Waals surface area contributed by atoms with Crippen molar-refractivity contribution in [3.8, 4) is 0 Å². The topological polar surface area (TPSA) is 52.7 Å². The SMILES string of the molecule is CCc1cccc(C)c1N(CC(=O)Nc1ccc(N(C)C)cc1)C(C)=O. The number of anilines is 3. The molecule has 2 amide bonds. The van der Waals surface area contributed by atoms with Crippen molar-refractivity contribution < 1.29 is 9.59 Å². The molecule has 0 unspecified atom stereocenters. The minimum absolute atomic E-state index is 0.0113. The number of benzene rings is 2. The van der Waals surface area contributed by atoms with Crippen molar-refractivity contribution in [3.05, 3.63) is 53.6 Å². The number of carbonyl (C=O) groups is 2. The van der Waals surface area contributed by atoms with E-state index in [1.54, 1.807) is 4.90 Å². The molecule has 0 spiro atoms. The van der Waals surface area contributed by atoms with E-state index in [0.717, 1.165) is 28.9 Å². The molecule has 0 aliphatic carbocycles. The summed E-state index contributed by atoms with van der Waals surface area (Å²) < 4.78 is 0. The van der Waals surface area contributed by atoms with Gasteiger partial charge in [0.15, 0.2) is 0 Å². The Hall–Kier alpha value is -2.82. The first-order chi connectivity index (χ1) is 12.3. The molecule has 5 heteroatoms. The van der Waals surface area contributed by atoms with E-state index in [-0.39, 0.29) is 18.4 Å². The van der Waals surface area contributed by atoms with Gasteiger partial charge in [0.05, 0.1) is 5.69 Å². The van der Waals surface area contributed by atoms with Crippen LogP contribution in [-0.4, -0.2) is 32.5 Å². The average molecular weight is 353 g/mol. The Balaban J connectivity index is 2.18. The first-order valence-electron chi connectivity index (χ1n) is 8.77. The lowest BCUT2D eigenvalue weighted by Crippen LogP contribution is -2.37. The van der Waals surface area contributed by atoms with Crippen molar-refractivity contribution in [2.24, 2.45) is 0 Å². The lowest BCUT2D eigenvalue weighted by Gasteiger charge is -2.25. The molecule has 2 aromatic carbocycles. The van der Waals surface area contributed by atoms with E-state index in [1.807, 2.05) is 75.3 Å². The number of amides is 2. The van der Waals surface area contributed by atoms with E-state index in [1.165, 1.54) is 6.92 Å². The van der Waals surface area contributed by atoms with Crippen LogP contribution in [0.5, 0.6) is 0 Å². The summed E-state index contributed by atoms with van der Waals surface area (Å²) in [6.45, 7) is 5.49. The number of nitrogens with one attached hydrogen (secondary N) is 1. The summed E-state index contributed by atoms with van der Waals surface area (Å²) in [5, 5.41) is 2.87. The van der Waals surface area contributed by atoms with Gasteiger partial charge in [0.25, 0.3) is 0 Å². The van der Waals surface area contributed by atoms with E-state index in [9.17, 15) is 9.59 Å². The molecule has 138 valence electrons. The number of hydrogen-bond donors (Lipinski definition) is 1. The molecule has 0 aliphatic heterocycles. The van der Waals surface area contributed by atoms with Crippen LogP contribution in [0, 0.1) is 6.92 Å². The molecule has 26 heavy (non-hydrogen) atoms. The van der Waals surface area contributed by atoms with Gasteiger partial charge < -0.3 is 15.1 Å². The Labute approximate surface area is 155 Å². The monoisotopic (exact) mass is 353 g/mol. The zero-order chi connectivity index (χ0) is 19.3. The maximum atomic E-state index is 12.5. The zero-order valence-electron chi connectivity index (χ0n) is 16.2. The predicted molar refractivity (Wildman–Crippen MR) is 108 cm³/mol. The van der Waals surface area contributed by atoms with Gasteiger partial charge in [-0.15, -0.1) is 0 Å². The number of nitrogens with zero attached hydrogens (tertiary/aromatic N) is 2. The first kappa shape index (κ1) is 19.5. The largest absolute Gasteiger partial charge is 0.378 e. The Bertz CT molecular complexity index is 782. The summed E-state index contributed by atoms with van der Waals surface area (Å²) in [6, 6.07) is 13.5. The molecule has 0 fully saturated rings. The Kier molecular flexibility index (Phi) is 6.39. The molecule has 0 saturated heterocycles. The van der Waals surface area contributed by atoms with Crippen LogP contribution in [0.3, 0.4) is 0 Å². The van der Waals surface area contributed by atoms with E-state index in [2.05, 4.69) is 5.32 Å². The predicted octanol–water partition coefficient (Wildman–Crippen LogP) is 3.62. The van der Waals surface area contributed by atoms with Crippen molar-refractivity contribution in [2.75, 3.05) is 35.8 Å². The lowest BCUT2D eigenvalue weighted by molar-refractivity contribution is -0.120. The van der Waals surface area contributed by atoms with Gasteiger partial charge >= 0.3 is 0 Å². The molecule has 5 nitrogen and oxygen atoms in total. The van der Waals surface area contributed by atoms with Gasteiger partial charge in [-0.05, 0) is 48.7 Å². The van der Waals surface area contributed by atoms with Crippen molar-refractivity contribution in [2.45, 2.75) is 27.2 Å². The van der Waals surface area contributed by atoms with Crippen molar-refractivity contribution in [1.82, 2.24) is 0 Å². The summed E-state index contributed by atoms with van der Waals surface area (Å²) in [7, 11) is 3.93. The van der Waals surface area contributed by atoms with Gasteiger partial charge in [-0.1, -0.05) is 25.1 Å². The van der Waals surface area contributed by atoms with Crippen LogP contribution in [0.1, 0.15) is 25.0 Å². The van der Waals surface area contributed by atoms with Crippen LogP contribution in [0.2, 0.25) is 0 Å². The van der Waals surface area contributed by atoms with Crippen molar-refractivity contribution >= 4 is 28.9 Å². The van der Waals surface area contributed by atoms with Crippen LogP contribution >= 0.6 is 0 Å². The van der Waals surface area contributed by atoms with Crippen LogP contribution in [0.15, 0.2) is 42.5 Å². The maximum absolute atomic E-state index is 12.5. The average Bonchev–Trinajstić information content (AvgIpc) is 2.60. The van der Waals surface area contributed by atoms with E-state index >= 15 is 0 Å². The minimum Gasteiger partial charge on any atom is -0.378 e. The molecular weight excluding hydrogens is 326 g/mol. The van der Waals surface area contributed by atoms with Crippen LogP contribution < -0.4 is 15.1 Å². The molecule has 2 rings (SSSR count). The summed E-state index contributed by atoms with van der Waals surface area (Å²) in [4.78, 5) is 28.3. The third-order valence-electron chi connectivity index (χ3n) is 4.32. The first-order valence-corrected chi connectivity index (χ1v) is 8.77. The fourth-order valence-electron chi connectivity index (χ4n) is 2.93. The van der Waals surface area contributed by atoms with Crippen LogP contribution in [0.25, 0.3) is 0 Å². The Morgan fingerprint density at radius 1 is 1.04 bits per heavy atom. The maximum Gasteiger partial charge on any atom is 0.244 e.